The van der Waals surface area contributed by atoms with Gasteiger partial charge < -0.3 is 15.3 Å². The third kappa shape index (κ3) is 11.1. The molecule has 0 aliphatic rings. The first kappa shape index (κ1) is 19.7. The van der Waals surface area contributed by atoms with E-state index in [1.165, 1.54) is 11.9 Å². The number of sulfone groups is 1. The maximum Gasteiger partial charge on any atom is 0.317 e. The molecule has 0 rings (SSSR count). The zero-order valence-electron chi connectivity index (χ0n) is 13.2. The summed E-state index contributed by atoms with van der Waals surface area (Å²) in [4.78, 5) is 23.6. The largest absolute Gasteiger partial charge is 0.481 e. The van der Waals surface area contributed by atoms with Gasteiger partial charge in [-0.1, -0.05) is 13.8 Å². The summed E-state index contributed by atoms with van der Waals surface area (Å²) in [7, 11) is -1.55. The number of nitrogens with zero attached hydrogens (tertiary/aromatic N) is 1. The van der Waals surface area contributed by atoms with Gasteiger partial charge in [0.1, 0.15) is 9.84 Å². The van der Waals surface area contributed by atoms with Gasteiger partial charge in [0.2, 0.25) is 0 Å². The average Bonchev–Trinajstić information content (AvgIpc) is 2.32. The van der Waals surface area contributed by atoms with Crippen molar-refractivity contribution in [3.63, 3.8) is 0 Å². The van der Waals surface area contributed by atoms with Crippen LogP contribution in [0, 0.1) is 5.41 Å². The number of carbonyl (C=O) groups is 2. The number of nitrogens with one attached hydrogen (secondary N) is 1. The van der Waals surface area contributed by atoms with Crippen LogP contribution in [0.25, 0.3) is 0 Å². The number of hydrogen-bond donors (Lipinski definition) is 2. The number of hydrogen-bond acceptors (Lipinski definition) is 4. The summed E-state index contributed by atoms with van der Waals surface area (Å²) in [5.74, 6) is -0.895. The molecule has 0 atom stereocenters. The normalized spacial score (nSPS) is 12.0. The lowest BCUT2D eigenvalue weighted by atomic mass is 9.84. The third-order valence-electron chi connectivity index (χ3n) is 3.24. The molecule has 0 fully saturated rings. The van der Waals surface area contributed by atoms with Crippen LogP contribution >= 0.6 is 0 Å². The van der Waals surface area contributed by atoms with Gasteiger partial charge in [-0.15, -0.1) is 0 Å². The Bertz CT molecular complexity index is 459. The van der Waals surface area contributed by atoms with Crippen molar-refractivity contribution in [3.8, 4) is 0 Å². The van der Waals surface area contributed by atoms with Crippen LogP contribution in [-0.4, -0.2) is 62.6 Å². The van der Waals surface area contributed by atoms with Crippen molar-refractivity contribution < 1.29 is 23.1 Å². The van der Waals surface area contributed by atoms with Gasteiger partial charge in [0.25, 0.3) is 0 Å². The highest BCUT2D eigenvalue weighted by atomic mass is 32.2. The van der Waals surface area contributed by atoms with Crippen LogP contribution in [0.2, 0.25) is 0 Å². The number of urea groups is 1. The summed E-state index contributed by atoms with van der Waals surface area (Å²) in [5, 5.41) is 11.4. The van der Waals surface area contributed by atoms with Crippen molar-refractivity contribution in [3.05, 3.63) is 0 Å². The first-order chi connectivity index (χ1) is 9.43. The van der Waals surface area contributed by atoms with E-state index in [0.717, 1.165) is 6.26 Å². The first-order valence-corrected chi connectivity index (χ1v) is 8.87. The molecule has 2 amide bonds. The smallest absolute Gasteiger partial charge is 0.317 e. The molecule has 0 aromatic rings. The Morgan fingerprint density at radius 3 is 2.29 bits per heavy atom. The minimum absolute atomic E-state index is 0.0684. The molecule has 0 spiro atoms. The summed E-state index contributed by atoms with van der Waals surface area (Å²) < 4.78 is 22.0. The Hall–Kier alpha value is -1.31. The molecule has 21 heavy (non-hydrogen) atoms. The standard InChI is InChI=1S/C13H26N2O5S/c1-13(2,6-5-11(16)17)7-8-14-12(18)15(3)9-10-21(4,19)20/h5-10H2,1-4H3,(H,14,18)(H,16,17). The lowest BCUT2D eigenvalue weighted by molar-refractivity contribution is -0.137. The topological polar surface area (TPSA) is 104 Å². The SMILES string of the molecule is CN(CCS(C)(=O)=O)C(=O)NCCC(C)(C)CCC(=O)O. The number of aliphatic carboxylic acids is 1. The average molecular weight is 322 g/mol. The molecular formula is C13H26N2O5S. The highest BCUT2D eigenvalue weighted by molar-refractivity contribution is 7.90. The Labute approximate surface area is 126 Å². The van der Waals surface area contributed by atoms with E-state index in [2.05, 4.69) is 5.32 Å². The molecule has 2 N–H and O–H groups in total. The van der Waals surface area contributed by atoms with Crippen LogP contribution in [0.3, 0.4) is 0 Å². The van der Waals surface area contributed by atoms with Gasteiger partial charge in [0.15, 0.2) is 0 Å². The lowest BCUT2D eigenvalue weighted by Gasteiger charge is -2.25. The molecule has 0 aromatic carbocycles. The maximum atomic E-state index is 11.7. The summed E-state index contributed by atoms with van der Waals surface area (Å²) in [6.45, 7) is 4.48. The van der Waals surface area contributed by atoms with Crippen LogP contribution in [0.15, 0.2) is 0 Å². The van der Waals surface area contributed by atoms with Gasteiger partial charge in [-0.3, -0.25) is 4.79 Å². The zero-order chi connectivity index (χ0) is 16.7. The van der Waals surface area contributed by atoms with Gasteiger partial charge >= 0.3 is 12.0 Å². The molecule has 0 saturated carbocycles. The molecule has 0 aliphatic carbocycles. The molecule has 0 bridgehead atoms. The quantitative estimate of drug-likeness (QED) is 0.658. The van der Waals surface area contributed by atoms with E-state index in [4.69, 9.17) is 5.11 Å². The van der Waals surface area contributed by atoms with E-state index in [-0.39, 0.29) is 30.2 Å². The number of carbonyl (C=O) groups excluding carboxylic acids is 1. The van der Waals surface area contributed by atoms with E-state index in [0.29, 0.717) is 19.4 Å². The second kappa shape index (κ2) is 8.21. The zero-order valence-corrected chi connectivity index (χ0v) is 14.0. The highest BCUT2D eigenvalue weighted by Crippen LogP contribution is 2.25. The Kier molecular flexibility index (Phi) is 7.70. The van der Waals surface area contributed by atoms with Crippen molar-refractivity contribution in [2.24, 2.45) is 5.41 Å². The molecule has 8 heteroatoms. The molecule has 124 valence electrons. The van der Waals surface area contributed by atoms with Crippen molar-refractivity contribution in [1.29, 1.82) is 0 Å². The molecule has 0 saturated heterocycles. The number of rotatable bonds is 9. The van der Waals surface area contributed by atoms with Crippen molar-refractivity contribution in [2.75, 3.05) is 32.1 Å². The minimum atomic E-state index is -3.09. The monoisotopic (exact) mass is 322 g/mol. The first-order valence-electron chi connectivity index (χ1n) is 6.81. The molecule has 0 unspecified atom stereocenters. The van der Waals surface area contributed by atoms with Crippen molar-refractivity contribution >= 4 is 21.8 Å². The lowest BCUT2D eigenvalue weighted by Crippen LogP contribution is -2.40. The highest BCUT2D eigenvalue weighted by Gasteiger charge is 2.19. The summed E-state index contributed by atoms with van der Waals surface area (Å²) in [5.41, 5.74) is -0.170. The molecule has 0 radical (unpaired) electrons. The predicted octanol–water partition coefficient (Wildman–Crippen LogP) is 0.954. The van der Waals surface area contributed by atoms with Crippen LogP contribution in [-0.2, 0) is 14.6 Å². The van der Waals surface area contributed by atoms with E-state index >= 15 is 0 Å². The van der Waals surface area contributed by atoms with Crippen molar-refractivity contribution in [1.82, 2.24) is 10.2 Å². The minimum Gasteiger partial charge on any atom is -0.481 e. The molecular weight excluding hydrogens is 296 g/mol. The van der Waals surface area contributed by atoms with E-state index in [1.54, 1.807) is 0 Å². The Morgan fingerprint density at radius 1 is 1.24 bits per heavy atom. The van der Waals surface area contributed by atoms with E-state index < -0.39 is 15.8 Å². The molecule has 7 nitrogen and oxygen atoms in total. The number of carboxylic acids is 1. The fraction of sp³-hybridized carbons (Fsp3) is 0.846. The van der Waals surface area contributed by atoms with Gasteiger partial charge in [-0.25, -0.2) is 13.2 Å². The predicted molar refractivity (Wildman–Crippen MR) is 81.0 cm³/mol. The third-order valence-corrected chi connectivity index (χ3v) is 4.16. The van der Waals surface area contributed by atoms with Crippen LogP contribution < -0.4 is 5.32 Å². The van der Waals surface area contributed by atoms with Crippen LogP contribution in [0.4, 0.5) is 4.79 Å². The van der Waals surface area contributed by atoms with Gasteiger partial charge in [-0.2, -0.15) is 0 Å². The van der Waals surface area contributed by atoms with Gasteiger partial charge in [0, 0.05) is 32.8 Å². The van der Waals surface area contributed by atoms with Gasteiger partial charge in [-0.05, 0) is 18.3 Å². The van der Waals surface area contributed by atoms with Crippen molar-refractivity contribution in [2.45, 2.75) is 33.1 Å². The summed E-state index contributed by atoms with van der Waals surface area (Å²) in [6.07, 6.45) is 2.44. The summed E-state index contributed by atoms with van der Waals surface area (Å²) >= 11 is 0. The maximum absolute atomic E-state index is 11.7. The molecule has 0 aliphatic heterocycles. The van der Waals surface area contributed by atoms with E-state index in [9.17, 15) is 18.0 Å². The van der Waals surface area contributed by atoms with Crippen LogP contribution in [0.1, 0.15) is 33.1 Å². The second-order valence-corrected chi connectivity index (χ2v) is 8.35. The van der Waals surface area contributed by atoms with Crippen LogP contribution in [0.5, 0.6) is 0 Å². The summed E-state index contributed by atoms with van der Waals surface area (Å²) in [6, 6.07) is -0.326. The Balaban J connectivity index is 4.05. The molecule has 0 aromatic heterocycles. The molecule has 0 heterocycles. The van der Waals surface area contributed by atoms with E-state index in [1.807, 2.05) is 13.8 Å². The Morgan fingerprint density at radius 2 is 1.81 bits per heavy atom. The fourth-order valence-electron chi connectivity index (χ4n) is 1.62. The fourth-order valence-corrected chi connectivity index (χ4v) is 2.22. The second-order valence-electron chi connectivity index (χ2n) is 6.09. The number of amides is 2. The van der Waals surface area contributed by atoms with Gasteiger partial charge in [0.05, 0.1) is 5.75 Å². The number of carboxylic acid groups (broad SMARTS) is 1.